The minimum Gasteiger partial charge on any atom is -0.508 e. The van der Waals surface area contributed by atoms with Crippen LogP contribution >= 0.6 is 0 Å². The summed E-state index contributed by atoms with van der Waals surface area (Å²) in [5, 5.41) is 21.0. The lowest BCUT2D eigenvalue weighted by molar-refractivity contribution is 0.0697. The van der Waals surface area contributed by atoms with Crippen LogP contribution in [0.1, 0.15) is 41.1 Å². The van der Waals surface area contributed by atoms with Crippen molar-refractivity contribution in [1.29, 1.82) is 0 Å². The molecule has 0 atom stereocenters. The monoisotopic (exact) mass is 386 g/mol. The predicted octanol–water partition coefficient (Wildman–Crippen LogP) is 5.24. The summed E-state index contributed by atoms with van der Waals surface area (Å²) in [4.78, 5) is 23.9. The minimum atomic E-state index is -1.03. The van der Waals surface area contributed by atoms with Crippen LogP contribution < -0.4 is 5.43 Å². The van der Waals surface area contributed by atoms with Crippen molar-refractivity contribution in [2.24, 2.45) is 0 Å². The Kier molecular flexibility index (Phi) is 3.91. The zero-order valence-corrected chi connectivity index (χ0v) is 15.5. The molecule has 3 aliphatic rings. The molecule has 0 saturated heterocycles. The largest absolute Gasteiger partial charge is 0.508 e. The molecule has 1 aliphatic heterocycles. The fourth-order valence-electron chi connectivity index (χ4n) is 4.21. The first kappa shape index (κ1) is 17.5. The van der Waals surface area contributed by atoms with Crippen LogP contribution in [0.25, 0.3) is 33.4 Å². The van der Waals surface area contributed by atoms with E-state index in [4.69, 9.17) is 4.42 Å². The normalized spacial score (nSPS) is 14.2. The van der Waals surface area contributed by atoms with Crippen LogP contribution in [-0.2, 0) is 0 Å². The highest BCUT2D eigenvalue weighted by Crippen LogP contribution is 2.48. The van der Waals surface area contributed by atoms with Crippen LogP contribution in [-0.4, -0.2) is 16.2 Å². The van der Waals surface area contributed by atoms with Gasteiger partial charge in [-0.2, -0.15) is 0 Å². The van der Waals surface area contributed by atoms with Gasteiger partial charge in [-0.3, -0.25) is 4.79 Å². The zero-order valence-electron chi connectivity index (χ0n) is 15.5. The molecule has 5 nitrogen and oxygen atoms in total. The summed E-state index contributed by atoms with van der Waals surface area (Å²) >= 11 is 0. The zero-order chi connectivity index (χ0) is 20.1. The number of hydrogen-bond acceptors (Lipinski definition) is 4. The maximum Gasteiger partial charge on any atom is 0.336 e. The number of aromatic hydroxyl groups is 1. The number of phenols is 1. The standard InChI is InChI=1S/C24H18O5/c25-14-8-9-17-20(12-14)29-23-18(10-11-19(26)21(23)13-4-3-5-13)22(17)15-6-1-2-7-16(15)24(27)28/h1-2,6-13,26H,3-5H2,(H,27,28). The van der Waals surface area contributed by atoms with Crippen LogP contribution in [0, 0.1) is 0 Å². The Morgan fingerprint density at radius 3 is 2.52 bits per heavy atom. The Morgan fingerprint density at radius 2 is 1.79 bits per heavy atom. The number of rotatable bonds is 3. The Bertz CT molecular complexity index is 1300. The maximum absolute atomic E-state index is 12.0. The molecular weight excluding hydrogens is 368 g/mol. The van der Waals surface area contributed by atoms with Crippen molar-refractivity contribution in [2.45, 2.75) is 25.2 Å². The van der Waals surface area contributed by atoms with Gasteiger partial charge in [-0.1, -0.05) is 24.6 Å². The summed E-state index contributed by atoms with van der Waals surface area (Å²) in [6, 6.07) is 14.7. The van der Waals surface area contributed by atoms with Crippen molar-refractivity contribution in [3.05, 3.63) is 75.9 Å². The molecular formula is C24H18O5. The topological polar surface area (TPSA) is 87.7 Å². The summed E-state index contributed by atoms with van der Waals surface area (Å²) in [5.41, 5.74) is 3.14. The number of carbonyl (C=O) groups is 1. The first-order chi connectivity index (χ1) is 14.0. The van der Waals surface area contributed by atoms with E-state index >= 15 is 0 Å². The van der Waals surface area contributed by atoms with Crippen molar-refractivity contribution in [2.75, 3.05) is 0 Å². The van der Waals surface area contributed by atoms with Gasteiger partial charge in [0.1, 0.15) is 17.1 Å². The Morgan fingerprint density at radius 1 is 1.00 bits per heavy atom. The SMILES string of the molecule is O=C(O)c1ccccc1-c1c2ccc(=O)cc-2oc2c(C3CCC3)c(O)ccc12. The number of benzene rings is 3. The first-order valence-corrected chi connectivity index (χ1v) is 9.59. The van der Waals surface area contributed by atoms with Crippen molar-refractivity contribution in [1.82, 2.24) is 0 Å². The minimum absolute atomic E-state index is 0.168. The number of fused-ring (bicyclic) bond motifs is 2. The average molecular weight is 386 g/mol. The van der Waals surface area contributed by atoms with Gasteiger partial charge >= 0.3 is 5.97 Å². The third-order valence-corrected chi connectivity index (χ3v) is 5.82. The molecule has 5 heteroatoms. The van der Waals surface area contributed by atoms with Crippen molar-refractivity contribution < 1.29 is 19.4 Å². The molecule has 1 saturated carbocycles. The van der Waals surface area contributed by atoms with Gasteiger partial charge in [0.05, 0.1) is 5.56 Å². The van der Waals surface area contributed by atoms with Crippen molar-refractivity contribution in [3.63, 3.8) is 0 Å². The third kappa shape index (κ3) is 2.70. The second-order valence-corrected chi connectivity index (χ2v) is 7.49. The highest BCUT2D eigenvalue weighted by atomic mass is 16.4. The molecule has 2 aromatic rings. The number of hydrogen-bond donors (Lipinski definition) is 2. The molecule has 0 bridgehead atoms. The van der Waals surface area contributed by atoms with Gasteiger partial charge in [0, 0.05) is 28.1 Å². The highest BCUT2D eigenvalue weighted by molar-refractivity contribution is 6.08. The Hall–Kier alpha value is -3.60. The number of carboxylic acid groups (broad SMARTS) is 1. The van der Waals surface area contributed by atoms with E-state index < -0.39 is 5.97 Å². The van der Waals surface area contributed by atoms with Crippen molar-refractivity contribution >= 4 is 16.9 Å². The smallest absolute Gasteiger partial charge is 0.336 e. The van der Waals surface area contributed by atoms with Gasteiger partial charge in [0.15, 0.2) is 5.43 Å². The van der Waals surface area contributed by atoms with E-state index in [9.17, 15) is 19.8 Å². The average Bonchev–Trinajstić information content (AvgIpc) is 2.67. The summed E-state index contributed by atoms with van der Waals surface area (Å²) in [6.45, 7) is 0. The molecule has 1 heterocycles. The van der Waals surface area contributed by atoms with E-state index in [0.29, 0.717) is 28.0 Å². The van der Waals surface area contributed by atoms with Gasteiger partial charge in [-0.25, -0.2) is 4.79 Å². The molecule has 2 aromatic carbocycles. The molecule has 0 spiro atoms. The van der Waals surface area contributed by atoms with Crippen molar-refractivity contribution in [3.8, 4) is 28.2 Å². The van der Waals surface area contributed by atoms with Crippen LogP contribution in [0.3, 0.4) is 0 Å². The highest BCUT2D eigenvalue weighted by Gasteiger charge is 2.29. The molecule has 0 amide bonds. The predicted molar refractivity (Wildman–Crippen MR) is 110 cm³/mol. The number of aromatic carboxylic acids is 1. The van der Waals surface area contributed by atoms with Crippen LogP contribution in [0.4, 0.5) is 0 Å². The molecule has 144 valence electrons. The van der Waals surface area contributed by atoms with E-state index in [1.807, 2.05) is 0 Å². The second kappa shape index (κ2) is 6.48. The summed E-state index contributed by atoms with van der Waals surface area (Å²) in [7, 11) is 0. The van der Waals surface area contributed by atoms with Crippen LogP contribution in [0.5, 0.6) is 5.75 Å². The van der Waals surface area contributed by atoms with Gasteiger partial charge in [0.25, 0.3) is 0 Å². The fraction of sp³-hybridized carbons (Fsp3) is 0.167. The lowest BCUT2D eigenvalue weighted by atomic mass is 9.78. The van der Waals surface area contributed by atoms with E-state index in [1.54, 1.807) is 42.5 Å². The summed E-state index contributed by atoms with van der Waals surface area (Å²) < 4.78 is 6.15. The lowest BCUT2D eigenvalue weighted by Crippen LogP contribution is -2.10. The second-order valence-electron chi connectivity index (χ2n) is 7.49. The van der Waals surface area contributed by atoms with E-state index in [-0.39, 0.29) is 22.7 Å². The van der Waals surface area contributed by atoms with Crippen LogP contribution in [0.2, 0.25) is 0 Å². The summed E-state index contributed by atoms with van der Waals surface area (Å²) in [5.74, 6) is -0.286. The van der Waals surface area contributed by atoms with Gasteiger partial charge < -0.3 is 14.6 Å². The molecule has 0 unspecified atom stereocenters. The molecule has 0 radical (unpaired) electrons. The third-order valence-electron chi connectivity index (χ3n) is 5.82. The molecule has 2 N–H and O–H groups in total. The maximum atomic E-state index is 12.0. The molecule has 0 aromatic heterocycles. The fourth-order valence-corrected chi connectivity index (χ4v) is 4.21. The Balaban J connectivity index is 1.97. The van der Waals surface area contributed by atoms with E-state index in [0.717, 1.165) is 30.2 Å². The molecule has 2 aliphatic carbocycles. The number of phenolic OH excluding ortho intramolecular Hbond substituents is 1. The van der Waals surface area contributed by atoms with Gasteiger partial charge in [-0.05, 0) is 54.7 Å². The molecule has 29 heavy (non-hydrogen) atoms. The van der Waals surface area contributed by atoms with Gasteiger partial charge in [0.2, 0.25) is 0 Å². The quantitative estimate of drug-likeness (QED) is 0.470. The van der Waals surface area contributed by atoms with Crippen LogP contribution in [0.15, 0.2) is 63.8 Å². The Labute approximate surface area is 166 Å². The molecule has 5 rings (SSSR count). The molecule has 1 fully saturated rings. The number of carboxylic acids is 1. The van der Waals surface area contributed by atoms with Gasteiger partial charge in [-0.15, -0.1) is 0 Å². The van der Waals surface area contributed by atoms with E-state index in [1.165, 1.54) is 12.1 Å². The summed E-state index contributed by atoms with van der Waals surface area (Å²) in [6.07, 6.45) is 3.01. The van der Waals surface area contributed by atoms with E-state index in [2.05, 4.69) is 0 Å². The lowest BCUT2D eigenvalue weighted by Gasteiger charge is -2.28. The first-order valence-electron chi connectivity index (χ1n) is 9.59.